The third-order valence-electron chi connectivity index (χ3n) is 4.23. The Balaban J connectivity index is 1.46. The number of benzene rings is 1. The number of ether oxygens (including phenoxy) is 1. The van der Waals surface area contributed by atoms with Gasteiger partial charge in [0.2, 0.25) is 0 Å². The van der Waals surface area contributed by atoms with Gasteiger partial charge in [-0.15, -0.1) is 0 Å². The standard InChI is InChI=1S/C16H21FN2O2/c1-10(7-11-3-2-4-12(17)8-11)18-16(20)19-14-9-13-5-6-15(14)21-13/h2-4,8,10,13-15H,5-7,9H2,1H3,(H2,18,19,20)/t10-,13+,14+,15+/m0/s1. The van der Waals surface area contributed by atoms with Crippen LogP contribution in [0.15, 0.2) is 24.3 Å². The molecule has 4 nitrogen and oxygen atoms in total. The molecule has 0 aromatic heterocycles. The molecular formula is C16H21FN2O2. The number of urea groups is 1. The molecule has 0 unspecified atom stereocenters. The zero-order valence-corrected chi connectivity index (χ0v) is 12.1. The molecule has 5 heteroatoms. The third kappa shape index (κ3) is 3.53. The molecule has 0 aliphatic carbocycles. The van der Waals surface area contributed by atoms with E-state index in [1.165, 1.54) is 12.1 Å². The van der Waals surface area contributed by atoms with Gasteiger partial charge >= 0.3 is 6.03 Å². The molecule has 2 saturated heterocycles. The van der Waals surface area contributed by atoms with E-state index in [1.54, 1.807) is 6.07 Å². The number of hydrogen-bond acceptors (Lipinski definition) is 2. The molecule has 1 aromatic rings. The second-order valence-electron chi connectivity index (χ2n) is 6.07. The molecule has 2 aliphatic heterocycles. The summed E-state index contributed by atoms with van der Waals surface area (Å²) in [4.78, 5) is 12.0. The van der Waals surface area contributed by atoms with E-state index in [2.05, 4.69) is 10.6 Å². The zero-order chi connectivity index (χ0) is 14.8. The Morgan fingerprint density at radius 2 is 2.33 bits per heavy atom. The summed E-state index contributed by atoms with van der Waals surface area (Å²) < 4.78 is 18.8. The molecular weight excluding hydrogens is 271 g/mol. The van der Waals surface area contributed by atoms with E-state index < -0.39 is 0 Å². The van der Waals surface area contributed by atoms with Crippen molar-refractivity contribution in [3.8, 4) is 0 Å². The molecule has 1 aromatic carbocycles. The molecule has 114 valence electrons. The van der Waals surface area contributed by atoms with Gasteiger partial charge in [0.1, 0.15) is 5.82 Å². The minimum absolute atomic E-state index is 0.0497. The number of fused-ring (bicyclic) bond motifs is 2. The van der Waals surface area contributed by atoms with Crippen molar-refractivity contribution in [2.24, 2.45) is 0 Å². The van der Waals surface area contributed by atoms with E-state index in [0.717, 1.165) is 24.8 Å². The van der Waals surface area contributed by atoms with E-state index >= 15 is 0 Å². The highest BCUT2D eigenvalue weighted by Crippen LogP contribution is 2.34. The third-order valence-corrected chi connectivity index (χ3v) is 4.23. The van der Waals surface area contributed by atoms with Gasteiger partial charge in [0, 0.05) is 6.04 Å². The number of hydrogen-bond donors (Lipinski definition) is 2. The quantitative estimate of drug-likeness (QED) is 0.895. The van der Waals surface area contributed by atoms with Crippen LogP contribution in [0, 0.1) is 5.82 Å². The number of amides is 2. The SMILES string of the molecule is C[C@@H](Cc1cccc(F)c1)NC(=O)N[C@@H]1C[C@H]2CC[C@H]1O2. The minimum Gasteiger partial charge on any atom is -0.373 e. The summed E-state index contributed by atoms with van der Waals surface area (Å²) in [6.45, 7) is 1.92. The maximum absolute atomic E-state index is 13.1. The van der Waals surface area contributed by atoms with Gasteiger partial charge in [-0.05, 0) is 50.3 Å². The highest BCUT2D eigenvalue weighted by molar-refractivity contribution is 5.74. The van der Waals surface area contributed by atoms with Crippen molar-refractivity contribution >= 4 is 6.03 Å². The summed E-state index contributed by atoms with van der Waals surface area (Å²) in [6.07, 6.45) is 4.17. The number of carbonyl (C=O) groups excluding carboxylic acids is 1. The molecule has 2 bridgehead atoms. The molecule has 0 saturated carbocycles. The molecule has 21 heavy (non-hydrogen) atoms. The molecule has 0 spiro atoms. The first kappa shape index (κ1) is 14.3. The molecule has 2 amide bonds. The topological polar surface area (TPSA) is 50.4 Å². The average Bonchev–Trinajstić information content (AvgIpc) is 3.00. The van der Waals surface area contributed by atoms with Gasteiger partial charge in [-0.2, -0.15) is 0 Å². The summed E-state index contributed by atoms with van der Waals surface area (Å²) in [7, 11) is 0. The second-order valence-corrected chi connectivity index (χ2v) is 6.07. The highest BCUT2D eigenvalue weighted by atomic mass is 19.1. The maximum atomic E-state index is 13.1. The van der Waals surface area contributed by atoms with Gasteiger partial charge in [-0.1, -0.05) is 12.1 Å². The van der Waals surface area contributed by atoms with Crippen molar-refractivity contribution < 1.29 is 13.9 Å². The van der Waals surface area contributed by atoms with Gasteiger partial charge in [0.25, 0.3) is 0 Å². The van der Waals surface area contributed by atoms with Crippen LogP contribution in [0.5, 0.6) is 0 Å². The Morgan fingerprint density at radius 1 is 1.48 bits per heavy atom. The Morgan fingerprint density at radius 3 is 3.00 bits per heavy atom. The van der Waals surface area contributed by atoms with Crippen LogP contribution in [-0.4, -0.2) is 30.3 Å². The Bertz CT molecular complexity index is 523. The Labute approximate surface area is 124 Å². The predicted octanol–water partition coefficient (Wildman–Crippen LogP) is 2.38. The van der Waals surface area contributed by atoms with Crippen molar-refractivity contribution in [1.82, 2.24) is 10.6 Å². The van der Waals surface area contributed by atoms with E-state index in [1.807, 2.05) is 13.0 Å². The molecule has 2 fully saturated rings. The first-order valence-corrected chi connectivity index (χ1v) is 7.57. The molecule has 3 rings (SSSR count). The lowest BCUT2D eigenvalue weighted by Gasteiger charge is -2.22. The number of carbonyl (C=O) groups is 1. The first-order valence-electron chi connectivity index (χ1n) is 7.57. The van der Waals surface area contributed by atoms with Crippen molar-refractivity contribution in [3.63, 3.8) is 0 Å². The van der Waals surface area contributed by atoms with Crippen molar-refractivity contribution in [2.75, 3.05) is 0 Å². The largest absolute Gasteiger partial charge is 0.373 e. The lowest BCUT2D eigenvalue weighted by Crippen LogP contribution is -2.49. The molecule has 0 radical (unpaired) electrons. The average molecular weight is 292 g/mol. The van der Waals surface area contributed by atoms with E-state index in [9.17, 15) is 9.18 Å². The van der Waals surface area contributed by atoms with Crippen LogP contribution in [-0.2, 0) is 11.2 Å². The van der Waals surface area contributed by atoms with Crippen LogP contribution >= 0.6 is 0 Å². The van der Waals surface area contributed by atoms with Gasteiger partial charge in [-0.25, -0.2) is 9.18 Å². The lowest BCUT2D eigenvalue weighted by atomic mass is 9.96. The Kier molecular flexibility index (Phi) is 4.10. The van der Waals surface area contributed by atoms with Crippen LogP contribution in [0.2, 0.25) is 0 Å². The summed E-state index contributed by atoms with van der Waals surface area (Å²) in [5.41, 5.74) is 0.881. The second kappa shape index (κ2) is 6.02. The zero-order valence-electron chi connectivity index (χ0n) is 12.1. The normalized spacial score (nSPS) is 28.4. The molecule has 2 N–H and O–H groups in total. The van der Waals surface area contributed by atoms with Crippen LogP contribution < -0.4 is 10.6 Å². The highest BCUT2D eigenvalue weighted by Gasteiger charge is 2.41. The van der Waals surface area contributed by atoms with Crippen molar-refractivity contribution in [1.29, 1.82) is 0 Å². The molecule has 2 heterocycles. The fourth-order valence-electron chi connectivity index (χ4n) is 3.29. The van der Waals surface area contributed by atoms with Gasteiger partial charge in [0.15, 0.2) is 0 Å². The van der Waals surface area contributed by atoms with E-state index in [4.69, 9.17) is 4.74 Å². The molecule has 2 aliphatic rings. The molecule has 4 atom stereocenters. The van der Waals surface area contributed by atoms with Crippen LogP contribution in [0.25, 0.3) is 0 Å². The summed E-state index contributed by atoms with van der Waals surface area (Å²) in [5.74, 6) is -0.247. The van der Waals surface area contributed by atoms with E-state index in [0.29, 0.717) is 12.5 Å². The maximum Gasteiger partial charge on any atom is 0.315 e. The van der Waals surface area contributed by atoms with Crippen LogP contribution in [0.1, 0.15) is 31.7 Å². The first-order chi connectivity index (χ1) is 10.1. The van der Waals surface area contributed by atoms with Gasteiger partial charge in [0.05, 0.1) is 18.2 Å². The van der Waals surface area contributed by atoms with Crippen molar-refractivity contribution in [3.05, 3.63) is 35.6 Å². The number of rotatable bonds is 4. The summed E-state index contributed by atoms with van der Waals surface area (Å²) in [5, 5.41) is 5.90. The monoisotopic (exact) mass is 292 g/mol. The summed E-state index contributed by atoms with van der Waals surface area (Å²) >= 11 is 0. The number of nitrogens with one attached hydrogen (secondary N) is 2. The van der Waals surface area contributed by atoms with Gasteiger partial charge < -0.3 is 15.4 Å². The minimum atomic E-state index is -0.247. The fraction of sp³-hybridized carbons (Fsp3) is 0.562. The summed E-state index contributed by atoms with van der Waals surface area (Å²) in [6, 6.07) is 6.38. The van der Waals surface area contributed by atoms with Gasteiger partial charge in [-0.3, -0.25) is 0 Å². The fourth-order valence-corrected chi connectivity index (χ4v) is 3.29. The van der Waals surface area contributed by atoms with Crippen LogP contribution in [0.4, 0.5) is 9.18 Å². The van der Waals surface area contributed by atoms with Crippen molar-refractivity contribution in [2.45, 2.75) is 56.9 Å². The predicted molar refractivity (Wildman–Crippen MR) is 77.5 cm³/mol. The Hall–Kier alpha value is -1.62. The van der Waals surface area contributed by atoms with Crippen LogP contribution in [0.3, 0.4) is 0 Å². The van der Waals surface area contributed by atoms with E-state index in [-0.39, 0.29) is 30.0 Å². The number of halogens is 1. The smallest absolute Gasteiger partial charge is 0.315 e. The lowest BCUT2D eigenvalue weighted by molar-refractivity contribution is 0.0980.